The molecule has 4 rings (SSSR count). The molecule has 2 amide bonds. The number of rotatable bonds is 9. The van der Waals surface area contributed by atoms with E-state index in [4.69, 9.17) is 5.73 Å². The van der Waals surface area contributed by atoms with Gasteiger partial charge in [-0.25, -0.2) is 0 Å². The maximum Gasteiger partial charge on any atom is 0.240 e. The highest BCUT2D eigenvalue weighted by Gasteiger charge is 2.44. The van der Waals surface area contributed by atoms with Gasteiger partial charge < -0.3 is 11.1 Å². The van der Waals surface area contributed by atoms with Gasteiger partial charge in [0.15, 0.2) is 0 Å². The first kappa shape index (κ1) is 23.7. The third kappa shape index (κ3) is 5.22. The van der Waals surface area contributed by atoms with E-state index >= 15 is 0 Å². The summed E-state index contributed by atoms with van der Waals surface area (Å²) in [5.74, 6) is -0.892. The topological polar surface area (TPSA) is 72.2 Å². The maximum atomic E-state index is 14.3. The molecule has 35 heavy (non-hydrogen) atoms. The number of carbonyl (C=O) groups excluding carboxylic acids is 2. The molecule has 0 aliphatic rings. The van der Waals surface area contributed by atoms with Gasteiger partial charge in [0.25, 0.3) is 0 Å². The summed E-state index contributed by atoms with van der Waals surface area (Å²) in [6.07, 6.45) is 4.06. The minimum absolute atomic E-state index is 0.282. The summed E-state index contributed by atoms with van der Waals surface area (Å²) in [7, 11) is 0. The summed E-state index contributed by atoms with van der Waals surface area (Å²) in [5, 5.41) is 2.97. The molecule has 0 saturated heterocycles. The first-order valence-corrected chi connectivity index (χ1v) is 11.6. The van der Waals surface area contributed by atoms with E-state index in [9.17, 15) is 9.59 Å². The van der Waals surface area contributed by atoms with Crippen molar-refractivity contribution in [1.29, 1.82) is 0 Å². The van der Waals surface area contributed by atoms with Gasteiger partial charge in [0, 0.05) is 0 Å². The summed E-state index contributed by atoms with van der Waals surface area (Å²) in [5.41, 5.74) is 7.99. The molecule has 4 heteroatoms. The van der Waals surface area contributed by atoms with Crippen LogP contribution in [0.5, 0.6) is 0 Å². The Morgan fingerprint density at radius 1 is 0.686 bits per heavy atom. The molecule has 0 fully saturated rings. The van der Waals surface area contributed by atoms with Gasteiger partial charge in [0.1, 0.15) is 11.5 Å². The first-order chi connectivity index (χ1) is 17.1. The van der Waals surface area contributed by atoms with E-state index < -0.39 is 17.4 Å². The van der Waals surface area contributed by atoms with Crippen molar-refractivity contribution in [2.75, 3.05) is 0 Å². The molecule has 3 N–H and O–H groups in total. The van der Waals surface area contributed by atoms with Crippen LogP contribution in [0.4, 0.5) is 0 Å². The van der Waals surface area contributed by atoms with E-state index in [0.29, 0.717) is 0 Å². The van der Waals surface area contributed by atoms with Gasteiger partial charge in [-0.15, -0.1) is 0 Å². The monoisotopic (exact) mass is 460 g/mol. The molecule has 4 aromatic carbocycles. The molecule has 0 heterocycles. The van der Waals surface area contributed by atoms with Gasteiger partial charge >= 0.3 is 0 Å². The fourth-order valence-corrected chi connectivity index (χ4v) is 4.37. The number of hydrogen-bond donors (Lipinski definition) is 2. The predicted molar refractivity (Wildman–Crippen MR) is 140 cm³/mol. The molecule has 0 bridgehead atoms. The molecular formula is C31H28N2O2. The van der Waals surface area contributed by atoms with Crippen LogP contribution in [0.25, 0.3) is 6.08 Å². The van der Waals surface area contributed by atoms with E-state index in [1.54, 1.807) is 0 Å². The van der Waals surface area contributed by atoms with Gasteiger partial charge in [0.2, 0.25) is 11.8 Å². The largest absolute Gasteiger partial charge is 0.368 e. The van der Waals surface area contributed by atoms with Crippen molar-refractivity contribution in [3.8, 4) is 0 Å². The van der Waals surface area contributed by atoms with Crippen molar-refractivity contribution >= 4 is 17.9 Å². The quantitative estimate of drug-likeness (QED) is 0.341. The normalized spacial score (nSPS) is 12.2. The summed E-state index contributed by atoms with van der Waals surface area (Å²) in [6.45, 7) is 0. The second-order valence-corrected chi connectivity index (χ2v) is 8.33. The third-order valence-corrected chi connectivity index (χ3v) is 6.09. The zero-order valence-electron chi connectivity index (χ0n) is 19.4. The zero-order valence-corrected chi connectivity index (χ0v) is 19.4. The van der Waals surface area contributed by atoms with E-state index in [2.05, 4.69) is 5.32 Å². The molecule has 174 valence electrons. The molecule has 1 atom stereocenters. The van der Waals surface area contributed by atoms with Crippen LogP contribution in [-0.4, -0.2) is 17.9 Å². The Kier molecular flexibility index (Phi) is 7.53. The van der Waals surface area contributed by atoms with Crippen LogP contribution in [0.1, 0.15) is 28.7 Å². The highest BCUT2D eigenvalue weighted by Crippen LogP contribution is 2.39. The van der Waals surface area contributed by atoms with E-state index in [1.165, 1.54) is 0 Å². The van der Waals surface area contributed by atoms with Gasteiger partial charge in [-0.05, 0) is 28.7 Å². The molecule has 0 unspecified atom stereocenters. The first-order valence-electron chi connectivity index (χ1n) is 11.6. The zero-order chi connectivity index (χ0) is 24.5. The van der Waals surface area contributed by atoms with Gasteiger partial charge in [-0.2, -0.15) is 0 Å². The van der Waals surface area contributed by atoms with E-state index in [0.717, 1.165) is 22.3 Å². The maximum absolute atomic E-state index is 14.3. The number of benzene rings is 4. The van der Waals surface area contributed by atoms with Crippen LogP contribution >= 0.6 is 0 Å². The number of primary amides is 1. The van der Waals surface area contributed by atoms with Crippen molar-refractivity contribution in [1.82, 2.24) is 5.32 Å². The van der Waals surface area contributed by atoms with Gasteiger partial charge in [-0.1, -0.05) is 133 Å². The lowest BCUT2D eigenvalue weighted by atomic mass is 9.68. The Balaban J connectivity index is 1.76. The molecule has 0 saturated carbocycles. The number of nitrogens with one attached hydrogen (secondary N) is 1. The van der Waals surface area contributed by atoms with Crippen LogP contribution in [0.2, 0.25) is 0 Å². The van der Waals surface area contributed by atoms with Crippen LogP contribution in [0, 0.1) is 0 Å². The van der Waals surface area contributed by atoms with Crippen molar-refractivity contribution in [2.24, 2.45) is 5.73 Å². The van der Waals surface area contributed by atoms with Gasteiger partial charge in [-0.3, -0.25) is 9.59 Å². The van der Waals surface area contributed by atoms with Crippen molar-refractivity contribution in [3.63, 3.8) is 0 Å². The lowest BCUT2D eigenvalue weighted by molar-refractivity contribution is -0.129. The summed E-state index contributed by atoms with van der Waals surface area (Å²) >= 11 is 0. The van der Waals surface area contributed by atoms with Crippen LogP contribution in [0.3, 0.4) is 0 Å². The number of hydrogen-bond acceptors (Lipinski definition) is 2. The molecular weight excluding hydrogens is 432 g/mol. The molecule has 0 radical (unpaired) electrons. The lowest BCUT2D eigenvalue weighted by Gasteiger charge is -2.35. The van der Waals surface area contributed by atoms with Crippen LogP contribution in [0.15, 0.2) is 127 Å². The van der Waals surface area contributed by atoms with Crippen LogP contribution < -0.4 is 11.1 Å². The average Bonchev–Trinajstić information content (AvgIpc) is 2.91. The Morgan fingerprint density at radius 2 is 1.09 bits per heavy atom. The van der Waals surface area contributed by atoms with Gasteiger partial charge in [0.05, 0.1) is 0 Å². The van der Waals surface area contributed by atoms with Crippen molar-refractivity contribution in [3.05, 3.63) is 150 Å². The third-order valence-electron chi connectivity index (χ3n) is 6.09. The number of nitrogens with two attached hydrogens (primary N) is 1. The molecule has 0 spiro atoms. The Bertz CT molecular complexity index is 1170. The Hall–Kier alpha value is -4.44. The summed E-state index contributed by atoms with van der Waals surface area (Å²) < 4.78 is 0. The minimum Gasteiger partial charge on any atom is -0.368 e. The molecule has 4 nitrogen and oxygen atoms in total. The minimum atomic E-state index is -1.17. The molecule has 0 aromatic heterocycles. The Morgan fingerprint density at radius 3 is 1.49 bits per heavy atom. The van der Waals surface area contributed by atoms with Crippen LogP contribution in [-0.2, 0) is 15.0 Å². The average molecular weight is 461 g/mol. The molecule has 4 aromatic rings. The highest BCUT2D eigenvalue weighted by atomic mass is 16.2. The standard InChI is InChI=1S/C31H28N2O2/c32-29(34)28(23-13-16-24-14-5-1-6-15-24)33-30(35)31(25-17-7-2-8-18-25,26-19-9-3-10-20-26)27-21-11-4-12-22-27/h1-22,28H,23H2,(H2,32,34)(H,33,35)/b16-13+/t28-/m1/s1. The fraction of sp³-hybridized carbons (Fsp3) is 0.0968. The van der Waals surface area contributed by atoms with E-state index in [-0.39, 0.29) is 12.3 Å². The molecule has 0 aliphatic heterocycles. The van der Waals surface area contributed by atoms with Crippen molar-refractivity contribution < 1.29 is 9.59 Å². The highest BCUT2D eigenvalue weighted by molar-refractivity contribution is 5.98. The Labute approximate surface area is 206 Å². The summed E-state index contributed by atoms with van der Waals surface area (Å²) in [6, 6.07) is 37.8. The number of amides is 2. The van der Waals surface area contributed by atoms with Crippen molar-refractivity contribution in [2.45, 2.75) is 17.9 Å². The predicted octanol–water partition coefficient (Wildman–Crippen LogP) is 5.09. The SMILES string of the molecule is NC(=O)[C@@H](C/C=C/c1ccccc1)NC(=O)C(c1ccccc1)(c1ccccc1)c1ccccc1. The summed E-state index contributed by atoms with van der Waals surface area (Å²) in [4.78, 5) is 26.7. The fourth-order valence-electron chi connectivity index (χ4n) is 4.37. The van der Waals surface area contributed by atoms with E-state index in [1.807, 2.05) is 133 Å². The second kappa shape index (κ2) is 11.1. The number of carbonyl (C=O) groups is 2. The smallest absolute Gasteiger partial charge is 0.240 e. The second-order valence-electron chi connectivity index (χ2n) is 8.33. The lowest BCUT2D eigenvalue weighted by Crippen LogP contribution is -2.53. The molecule has 0 aliphatic carbocycles.